The third-order valence-corrected chi connectivity index (χ3v) is 2.81. The highest BCUT2D eigenvalue weighted by Crippen LogP contribution is 2.18. The minimum absolute atomic E-state index is 0.388. The number of carbonyl (C=O) groups is 1. The second-order valence-corrected chi connectivity index (χ2v) is 5.19. The highest BCUT2D eigenvalue weighted by atomic mass is 35.5. The summed E-state index contributed by atoms with van der Waals surface area (Å²) < 4.78 is 0. The van der Waals surface area contributed by atoms with Crippen LogP contribution in [-0.2, 0) is 11.2 Å². The molecule has 100 valence electrons. The van der Waals surface area contributed by atoms with Crippen LogP contribution in [0, 0.1) is 0 Å². The SMILES string of the molecule is NC(CCc1ccccc1NCC(Cl)Cl)C(=O)O. The van der Waals surface area contributed by atoms with E-state index in [0.717, 1.165) is 11.3 Å². The van der Waals surface area contributed by atoms with Crippen LogP contribution in [0.3, 0.4) is 0 Å². The quantitative estimate of drug-likeness (QED) is 0.673. The van der Waals surface area contributed by atoms with Crippen molar-refractivity contribution in [1.82, 2.24) is 0 Å². The van der Waals surface area contributed by atoms with Gasteiger partial charge in [-0.05, 0) is 24.5 Å². The predicted molar refractivity (Wildman–Crippen MR) is 74.4 cm³/mol. The maximum absolute atomic E-state index is 10.6. The number of para-hydroxylation sites is 1. The fourth-order valence-corrected chi connectivity index (χ4v) is 1.69. The van der Waals surface area contributed by atoms with E-state index in [4.69, 9.17) is 34.0 Å². The van der Waals surface area contributed by atoms with Crippen molar-refractivity contribution in [3.8, 4) is 0 Å². The molecule has 0 bridgehead atoms. The molecule has 18 heavy (non-hydrogen) atoms. The normalized spacial score (nSPS) is 12.4. The Hall–Kier alpha value is -0.970. The van der Waals surface area contributed by atoms with Crippen molar-refractivity contribution in [2.45, 2.75) is 23.7 Å². The average molecular weight is 291 g/mol. The van der Waals surface area contributed by atoms with E-state index in [9.17, 15) is 4.79 Å². The summed E-state index contributed by atoms with van der Waals surface area (Å²) in [7, 11) is 0. The molecule has 0 radical (unpaired) electrons. The van der Waals surface area contributed by atoms with E-state index in [1.165, 1.54) is 0 Å². The molecule has 1 atom stereocenters. The molecule has 1 rings (SSSR count). The van der Waals surface area contributed by atoms with Gasteiger partial charge in [-0.2, -0.15) is 0 Å². The number of halogens is 2. The van der Waals surface area contributed by atoms with Crippen LogP contribution >= 0.6 is 23.2 Å². The molecule has 1 aromatic carbocycles. The van der Waals surface area contributed by atoms with Gasteiger partial charge in [-0.3, -0.25) is 4.79 Å². The van der Waals surface area contributed by atoms with E-state index in [2.05, 4.69) is 5.32 Å². The summed E-state index contributed by atoms with van der Waals surface area (Å²) in [6.07, 6.45) is 0.977. The first-order valence-electron chi connectivity index (χ1n) is 5.59. The molecule has 0 aliphatic heterocycles. The number of carboxylic acid groups (broad SMARTS) is 1. The van der Waals surface area contributed by atoms with Crippen LogP contribution in [0.2, 0.25) is 0 Å². The molecule has 1 aromatic rings. The minimum Gasteiger partial charge on any atom is -0.480 e. The zero-order valence-corrected chi connectivity index (χ0v) is 11.3. The Morgan fingerprint density at radius 1 is 1.39 bits per heavy atom. The van der Waals surface area contributed by atoms with Crippen molar-refractivity contribution < 1.29 is 9.90 Å². The van der Waals surface area contributed by atoms with E-state index >= 15 is 0 Å². The molecular formula is C12H16Cl2N2O2. The van der Waals surface area contributed by atoms with Crippen molar-refractivity contribution in [3.63, 3.8) is 0 Å². The number of aliphatic carboxylic acids is 1. The van der Waals surface area contributed by atoms with Crippen molar-refractivity contribution >= 4 is 34.9 Å². The van der Waals surface area contributed by atoms with E-state index in [-0.39, 0.29) is 0 Å². The number of hydrogen-bond acceptors (Lipinski definition) is 3. The van der Waals surface area contributed by atoms with Crippen LogP contribution in [-0.4, -0.2) is 28.5 Å². The largest absolute Gasteiger partial charge is 0.480 e. The fourth-order valence-electron chi connectivity index (χ4n) is 1.53. The van der Waals surface area contributed by atoms with Crippen molar-refractivity contribution in [2.24, 2.45) is 5.73 Å². The monoisotopic (exact) mass is 290 g/mol. The molecule has 0 aromatic heterocycles. The van der Waals surface area contributed by atoms with Gasteiger partial charge < -0.3 is 16.2 Å². The number of anilines is 1. The third-order valence-electron chi connectivity index (χ3n) is 2.51. The van der Waals surface area contributed by atoms with Crippen molar-refractivity contribution in [2.75, 3.05) is 11.9 Å². The standard InChI is InChI=1S/C12H16Cl2N2O2/c13-11(14)7-16-10-4-2-1-3-8(10)5-6-9(15)12(17)18/h1-4,9,11,16H,5-7,15H2,(H,17,18). The van der Waals surface area contributed by atoms with Gasteiger partial charge in [-0.15, -0.1) is 23.2 Å². The molecule has 1 unspecified atom stereocenters. The third kappa shape index (κ3) is 5.12. The molecule has 0 spiro atoms. The number of alkyl halides is 2. The minimum atomic E-state index is -0.984. The summed E-state index contributed by atoms with van der Waals surface area (Å²) in [6.45, 7) is 0.436. The summed E-state index contributed by atoms with van der Waals surface area (Å²) >= 11 is 11.3. The second-order valence-electron chi connectivity index (χ2n) is 3.91. The van der Waals surface area contributed by atoms with Gasteiger partial charge in [0.15, 0.2) is 0 Å². The number of aryl methyl sites for hydroxylation is 1. The molecule has 4 N–H and O–H groups in total. The Labute approximate surface area is 116 Å². The lowest BCUT2D eigenvalue weighted by Gasteiger charge is -2.13. The lowest BCUT2D eigenvalue weighted by atomic mass is 10.0. The molecule has 0 aliphatic rings. The maximum atomic E-state index is 10.6. The molecule has 0 aliphatic carbocycles. The number of rotatable bonds is 7. The van der Waals surface area contributed by atoms with E-state index in [1.807, 2.05) is 24.3 Å². The van der Waals surface area contributed by atoms with Gasteiger partial charge in [-0.1, -0.05) is 18.2 Å². The molecule has 0 amide bonds. The summed E-state index contributed by atoms with van der Waals surface area (Å²) in [6, 6.07) is 6.77. The van der Waals surface area contributed by atoms with Crippen LogP contribution in [0.15, 0.2) is 24.3 Å². The zero-order valence-electron chi connectivity index (χ0n) is 9.77. The van der Waals surface area contributed by atoms with Crippen LogP contribution in [0.25, 0.3) is 0 Å². The van der Waals surface area contributed by atoms with Crippen molar-refractivity contribution in [1.29, 1.82) is 0 Å². The summed E-state index contributed by atoms with van der Waals surface area (Å²) in [4.78, 5) is 10.2. The first kappa shape index (κ1) is 15.1. The summed E-state index contributed by atoms with van der Waals surface area (Å²) in [5.74, 6) is -0.984. The van der Waals surface area contributed by atoms with Crippen LogP contribution in [0.1, 0.15) is 12.0 Å². The summed E-state index contributed by atoms with van der Waals surface area (Å²) in [5.41, 5.74) is 7.38. The van der Waals surface area contributed by atoms with Crippen molar-refractivity contribution in [3.05, 3.63) is 29.8 Å². The molecule has 0 heterocycles. The van der Waals surface area contributed by atoms with Gasteiger partial charge in [0.2, 0.25) is 0 Å². The van der Waals surface area contributed by atoms with E-state index in [1.54, 1.807) is 0 Å². The van der Waals surface area contributed by atoms with Gasteiger partial charge in [0, 0.05) is 12.2 Å². The van der Waals surface area contributed by atoms with E-state index < -0.39 is 16.8 Å². The topological polar surface area (TPSA) is 75.3 Å². The first-order chi connectivity index (χ1) is 8.50. The van der Waals surface area contributed by atoms with Crippen LogP contribution in [0.4, 0.5) is 5.69 Å². The average Bonchev–Trinajstić information content (AvgIpc) is 2.34. The smallest absolute Gasteiger partial charge is 0.320 e. The summed E-state index contributed by atoms with van der Waals surface area (Å²) in [5, 5.41) is 11.8. The Morgan fingerprint density at radius 2 is 2.06 bits per heavy atom. The molecule has 0 fully saturated rings. The maximum Gasteiger partial charge on any atom is 0.320 e. The highest BCUT2D eigenvalue weighted by Gasteiger charge is 2.12. The number of nitrogens with two attached hydrogens (primary N) is 1. The first-order valence-corrected chi connectivity index (χ1v) is 6.46. The van der Waals surface area contributed by atoms with Crippen LogP contribution in [0.5, 0.6) is 0 Å². The number of carboxylic acids is 1. The van der Waals surface area contributed by atoms with Gasteiger partial charge >= 0.3 is 5.97 Å². The molecule has 0 saturated carbocycles. The number of nitrogens with one attached hydrogen (secondary N) is 1. The Kier molecular flexibility index (Phi) is 6.25. The van der Waals surface area contributed by atoms with Gasteiger partial charge in [0.25, 0.3) is 0 Å². The Morgan fingerprint density at radius 3 is 2.67 bits per heavy atom. The molecule has 0 saturated heterocycles. The van der Waals surface area contributed by atoms with Gasteiger partial charge in [-0.25, -0.2) is 0 Å². The number of benzene rings is 1. The Balaban J connectivity index is 2.61. The highest BCUT2D eigenvalue weighted by molar-refractivity contribution is 6.44. The molecular weight excluding hydrogens is 275 g/mol. The second kappa shape index (κ2) is 7.46. The zero-order chi connectivity index (χ0) is 13.5. The van der Waals surface area contributed by atoms with E-state index in [0.29, 0.717) is 19.4 Å². The Bertz CT molecular complexity index is 399. The van der Waals surface area contributed by atoms with Gasteiger partial charge in [0.1, 0.15) is 10.9 Å². The fraction of sp³-hybridized carbons (Fsp3) is 0.417. The number of hydrogen-bond donors (Lipinski definition) is 3. The predicted octanol–water partition coefficient (Wildman–Crippen LogP) is 2.25. The molecule has 6 heteroatoms. The lowest BCUT2D eigenvalue weighted by Crippen LogP contribution is -2.30. The lowest BCUT2D eigenvalue weighted by molar-refractivity contribution is -0.138. The van der Waals surface area contributed by atoms with Crippen LogP contribution < -0.4 is 11.1 Å². The van der Waals surface area contributed by atoms with Gasteiger partial charge in [0.05, 0.1) is 0 Å². The molecule has 4 nitrogen and oxygen atoms in total.